The number of carbonyl (C=O) groups is 4. The van der Waals surface area contributed by atoms with Crippen LogP contribution in [0.3, 0.4) is 0 Å². The Morgan fingerprint density at radius 1 is 1.16 bits per heavy atom. The molecule has 1 saturated heterocycles. The Hall–Kier alpha value is -3.72. The number of fused-ring (bicyclic) bond motifs is 2. The molecule has 2 N–H and O–H groups in total. The first kappa shape index (κ1) is 25.0. The maximum absolute atomic E-state index is 14.6. The van der Waals surface area contributed by atoms with E-state index in [1.165, 1.54) is 19.2 Å². The first-order chi connectivity index (χ1) is 17.7. The summed E-state index contributed by atoms with van der Waals surface area (Å²) < 4.78 is 21.0. The van der Waals surface area contributed by atoms with Crippen LogP contribution in [0.1, 0.15) is 45.5 Å². The summed E-state index contributed by atoms with van der Waals surface area (Å²) in [6.45, 7) is -0.0355. The van der Waals surface area contributed by atoms with E-state index >= 15 is 0 Å². The van der Waals surface area contributed by atoms with Crippen LogP contribution in [0.4, 0.5) is 4.39 Å². The maximum atomic E-state index is 14.6. The van der Waals surface area contributed by atoms with Gasteiger partial charge in [0.2, 0.25) is 5.91 Å². The molecule has 3 atom stereocenters. The molecule has 2 aliphatic rings. The standard InChI is InChI=1S/C27H25ClFN3O5/c1-37-27(36)16-8-14(25(29)19(28)9-16)6-7-23(33)22-11-15-10-21(15)32(22)24(34)13-31-12-18(26(30)35)17-4-2-3-5-20(17)31/h2-5,8-9,12,15,21-22H,6-7,10-11,13H2,1H3,(H2,30,35)/t15-,21-,22+/m1/s1. The zero-order chi connectivity index (χ0) is 26.4. The Kier molecular flexibility index (Phi) is 6.49. The molecule has 1 aliphatic heterocycles. The number of hydrogen-bond acceptors (Lipinski definition) is 5. The van der Waals surface area contributed by atoms with Crippen LogP contribution < -0.4 is 5.73 Å². The molecule has 2 fully saturated rings. The number of hydrogen-bond donors (Lipinski definition) is 1. The SMILES string of the molecule is COC(=O)c1cc(Cl)c(F)c(CCC(=O)[C@@H]2C[C@H]3C[C@H]3N2C(=O)Cn2cc(C(N)=O)c3ccccc32)c1. The largest absolute Gasteiger partial charge is 0.465 e. The van der Waals surface area contributed by atoms with Gasteiger partial charge in [-0.1, -0.05) is 29.8 Å². The van der Waals surface area contributed by atoms with E-state index in [0.29, 0.717) is 22.9 Å². The van der Waals surface area contributed by atoms with Gasteiger partial charge in [0.15, 0.2) is 5.78 Å². The molecule has 8 nitrogen and oxygen atoms in total. The number of aromatic nitrogens is 1. The molecule has 37 heavy (non-hydrogen) atoms. The van der Waals surface area contributed by atoms with Gasteiger partial charge in [-0.05, 0) is 48.9 Å². The molecule has 2 heterocycles. The van der Waals surface area contributed by atoms with Gasteiger partial charge >= 0.3 is 5.97 Å². The lowest BCUT2D eigenvalue weighted by molar-refractivity contribution is -0.139. The van der Waals surface area contributed by atoms with Gasteiger partial charge in [-0.25, -0.2) is 9.18 Å². The molecule has 192 valence electrons. The molecule has 2 amide bonds. The number of Topliss-reactive ketones (excluding diaryl/α,β-unsaturated/α-hetero) is 1. The van der Waals surface area contributed by atoms with Crippen molar-refractivity contribution in [1.29, 1.82) is 0 Å². The summed E-state index contributed by atoms with van der Waals surface area (Å²) in [5.41, 5.74) is 6.79. The first-order valence-corrected chi connectivity index (χ1v) is 12.3. The van der Waals surface area contributed by atoms with Crippen LogP contribution in [0.2, 0.25) is 5.02 Å². The molecule has 1 aliphatic carbocycles. The number of nitrogens with zero attached hydrogens (tertiary/aromatic N) is 2. The number of amides is 2. The number of piperidine rings is 1. The Bertz CT molecular complexity index is 1450. The summed E-state index contributed by atoms with van der Waals surface area (Å²) in [5, 5.41) is 0.439. The van der Waals surface area contributed by atoms with Crippen LogP contribution in [0.25, 0.3) is 10.9 Å². The third-order valence-electron chi connectivity index (χ3n) is 7.29. The van der Waals surface area contributed by atoms with E-state index in [1.807, 2.05) is 12.1 Å². The quantitative estimate of drug-likeness (QED) is 0.452. The third-order valence-corrected chi connectivity index (χ3v) is 7.56. The van der Waals surface area contributed by atoms with Crippen molar-refractivity contribution < 1.29 is 28.3 Å². The van der Waals surface area contributed by atoms with E-state index in [2.05, 4.69) is 4.74 Å². The van der Waals surface area contributed by atoms with Gasteiger partial charge in [-0.2, -0.15) is 0 Å². The number of nitrogens with two attached hydrogens (primary N) is 1. The number of esters is 1. The van der Waals surface area contributed by atoms with E-state index in [4.69, 9.17) is 17.3 Å². The second-order valence-electron chi connectivity index (χ2n) is 9.56. The Morgan fingerprint density at radius 2 is 1.92 bits per heavy atom. The fraction of sp³-hybridized carbons (Fsp3) is 0.333. The number of primary amides is 1. The first-order valence-electron chi connectivity index (χ1n) is 12.0. The number of para-hydroxylation sites is 1. The zero-order valence-corrected chi connectivity index (χ0v) is 20.8. The molecule has 0 unspecified atom stereocenters. The number of ketones is 1. The van der Waals surface area contributed by atoms with E-state index < -0.39 is 23.7 Å². The molecule has 1 aromatic heterocycles. The molecule has 0 spiro atoms. The molecule has 3 aromatic rings. The molecule has 0 bridgehead atoms. The van der Waals surface area contributed by atoms with Gasteiger partial charge in [0.05, 0.1) is 29.3 Å². The van der Waals surface area contributed by atoms with Crippen LogP contribution in [0, 0.1) is 11.7 Å². The van der Waals surface area contributed by atoms with E-state index in [9.17, 15) is 23.6 Å². The smallest absolute Gasteiger partial charge is 0.337 e. The summed E-state index contributed by atoms with van der Waals surface area (Å²) in [6, 6.07) is 9.12. The highest BCUT2D eigenvalue weighted by Gasteiger charge is 2.55. The molecule has 2 aromatic carbocycles. The van der Waals surface area contributed by atoms with E-state index in [0.717, 1.165) is 6.42 Å². The number of ether oxygens (including phenoxy) is 1. The van der Waals surface area contributed by atoms with Crippen LogP contribution in [-0.4, -0.2) is 52.2 Å². The number of rotatable bonds is 8. The van der Waals surface area contributed by atoms with Crippen molar-refractivity contribution in [2.24, 2.45) is 11.7 Å². The lowest BCUT2D eigenvalue weighted by Crippen LogP contribution is -2.44. The number of benzene rings is 2. The van der Waals surface area contributed by atoms with Crippen molar-refractivity contribution in [3.8, 4) is 0 Å². The van der Waals surface area contributed by atoms with Crippen molar-refractivity contribution in [2.45, 2.75) is 44.3 Å². The van der Waals surface area contributed by atoms with Crippen LogP contribution in [0.15, 0.2) is 42.6 Å². The highest BCUT2D eigenvalue weighted by molar-refractivity contribution is 6.31. The highest BCUT2D eigenvalue weighted by Crippen LogP contribution is 2.48. The molecular weight excluding hydrogens is 501 g/mol. The Balaban J connectivity index is 1.32. The predicted molar refractivity (Wildman–Crippen MR) is 134 cm³/mol. The molecule has 5 rings (SSSR count). The summed E-state index contributed by atoms with van der Waals surface area (Å²) in [4.78, 5) is 52.0. The monoisotopic (exact) mass is 525 g/mol. The average Bonchev–Trinajstić information content (AvgIpc) is 3.39. The highest BCUT2D eigenvalue weighted by atomic mass is 35.5. The summed E-state index contributed by atoms with van der Waals surface area (Å²) in [5.74, 6) is -2.04. The number of methoxy groups -OCH3 is 1. The average molecular weight is 526 g/mol. The van der Waals surface area contributed by atoms with Gasteiger partial charge in [0.25, 0.3) is 5.91 Å². The van der Waals surface area contributed by atoms with E-state index in [-0.39, 0.29) is 59.2 Å². The Labute approximate surface area is 217 Å². The van der Waals surface area contributed by atoms with Gasteiger partial charge in [0.1, 0.15) is 12.4 Å². The summed E-state index contributed by atoms with van der Waals surface area (Å²) >= 11 is 5.94. The number of likely N-dealkylation sites (tertiary alicyclic amines) is 1. The van der Waals surface area contributed by atoms with Gasteiger partial charge < -0.3 is 19.9 Å². The van der Waals surface area contributed by atoms with Crippen molar-refractivity contribution in [2.75, 3.05) is 7.11 Å². The topological polar surface area (TPSA) is 112 Å². The summed E-state index contributed by atoms with van der Waals surface area (Å²) in [7, 11) is 1.21. The lowest BCUT2D eigenvalue weighted by atomic mass is 9.99. The fourth-order valence-electron chi connectivity index (χ4n) is 5.39. The minimum atomic E-state index is -0.686. The third kappa shape index (κ3) is 4.59. The van der Waals surface area contributed by atoms with Crippen molar-refractivity contribution in [3.05, 3.63) is 70.1 Å². The van der Waals surface area contributed by atoms with Gasteiger partial charge in [-0.3, -0.25) is 14.4 Å². The zero-order valence-electron chi connectivity index (χ0n) is 20.1. The number of aryl methyl sites for hydroxylation is 1. The second kappa shape index (κ2) is 9.63. The Morgan fingerprint density at radius 3 is 2.65 bits per heavy atom. The van der Waals surface area contributed by atoms with Crippen LogP contribution in [0.5, 0.6) is 0 Å². The molecule has 10 heteroatoms. The van der Waals surface area contributed by atoms with Crippen LogP contribution in [-0.2, 0) is 27.3 Å². The minimum absolute atomic E-state index is 0.00715. The summed E-state index contributed by atoms with van der Waals surface area (Å²) in [6.07, 6.45) is 3.01. The normalized spacial score (nSPS) is 20.1. The minimum Gasteiger partial charge on any atom is -0.465 e. The van der Waals surface area contributed by atoms with Crippen LogP contribution >= 0.6 is 11.6 Å². The van der Waals surface area contributed by atoms with Gasteiger partial charge in [0, 0.05) is 29.6 Å². The van der Waals surface area contributed by atoms with Crippen molar-refractivity contribution in [3.63, 3.8) is 0 Å². The number of carbonyl (C=O) groups excluding carboxylic acids is 4. The predicted octanol–water partition coefficient (Wildman–Crippen LogP) is 3.51. The molecule has 1 saturated carbocycles. The maximum Gasteiger partial charge on any atom is 0.337 e. The van der Waals surface area contributed by atoms with Crippen molar-refractivity contribution in [1.82, 2.24) is 9.47 Å². The number of halogens is 2. The van der Waals surface area contributed by atoms with Crippen molar-refractivity contribution >= 4 is 46.1 Å². The van der Waals surface area contributed by atoms with E-state index in [1.54, 1.807) is 27.8 Å². The van der Waals surface area contributed by atoms with Gasteiger partial charge in [-0.15, -0.1) is 0 Å². The molecular formula is C27H25ClFN3O5. The molecule has 0 radical (unpaired) electrons. The second-order valence-corrected chi connectivity index (χ2v) is 9.96. The fourth-order valence-corrected chi connectivity index (χ4v) is 5.63. The lowest BCUT2D eigenvalue weighted by Gasteiger charge is -2.27.